The van der Waals surface area contributed by atoms with Crippen molar-refractivity contribution in [3.8, 4) is 0 Å². The van der Waals surface area contributed by atoms with Crippen molar-refractivity contribution in [2.45, 2.75) is 58.5 Å². The molecule has 2 bridgehead atoms. The van der Waals surface area contributed by atoms with Gasteiger partial charge in [0, 0.05) is 22.9 Å². The van der Waals surface area contributed by atoms with Crippen LogP contribution in [0.15, 0.2) is 30.3 Å². The Morgan fingerprint density at radius 1 is 1.27 bits per heavy atom. The van der Waals surface area contributed by atoms with Crippen LogP contribution in [0, 0.1) is 10.8 Å². The van der Waals surface area contributed by atoms with Crippen LogP contribution in [0.1, 0.15) is 45.6 Å². The van der Waals surface area contributed by atoms with E-state index in [0.717, 1.165) is 25.7 Å². The Kier molecular flexibility index (Phi) is 3.80. The fraction of sp³-hybridized carbons (Fsp3) is 0.632. The third-order valence-corrected chi connectivity index (χ3v) is 5.44. The quantitative estimate of drug-likeness (QED) is 0.932. The minimum absolute atomic E-state index is 0.162. The summed E-state index contributed by atoms with van der Waals surface area (Å²) in [6, 6.07) is 10.9. The number of benzene rings is 1. The second kappa shape index (κ2) is 5.38. The zero-order chi connectivity index (χ0) is 16.0. The number of aliphatic hydroxyl groups excluding tert-OH is 1. The minimum Gasteiger partial charge on any atom is -0.396 e. The lowest BCUT2D eigenvalue weighted by molar-refractivity contribution is -0.141. The van der Waals surface area contributed by atoms with Crippen LogP contribution < -0.4 is 0 Å². The maximum atomic E-state index is 12.8. The number of hydrogen-bond donors (Lipinski definition) is 1. The Labute approximate surface area is 133 Å². The van der Waals surface area contributed by atoms with E-state index in [2.05, 4.69) is 17.0 Å². The van der Waals surface area contributed by atoms with E-state index in [1.165, 1.54) is 5.56 Å². The first-order valence-corrected chi connectivity index (χ1v) is 8.35. The van der Waals surface area contributed by atoms with E-state index >= 15 is 0 Å². The number of carbonyl (C=O) groups is 1. The van der Waals surface area contributed by atoms with Crippen molar-refractivity contribution in [2.24, 2.45) is 10.8 Å². The Bertz CT molecular complexity index is 548. The smallest absolute Gasteiger partial charge is 0.228 e. The van der Waals surface area contributed by atoms with Gasteiger partial charge in [0.2, 0.25) is 5.91 Å². The van der Waals surface area contributed by atoms with Crippen molar-refractivity contribution in [3.63, 3.8) is 0 Å². The third kappa shape index (κ3) is 2.45. The SMILES string of the molecule is CC(C)(C)C(=O)N1[C@H]2CC[C@@H]1[C@@](CO)(Cc1ccccc1)C2. The number of fused-ring (bicyclic) bond motifs is 2. The van der Waals surface area contributed by atoms with Crippen molar-refractivity contribution in [3.05, 3.63) is 35.9 Å². The van der Waals surface area contributed by atoms with Crippen molar-refractivity contribution >= 4 is 5.91 Å². The number of aliphatic hydroxyl groups is 1. The summed E-state index contributed by atoms with van der Waals surface area (Å²) < 4.78 is 0. The summed E-state index contributed by atoms with van der Waals surface area (Å²) in [5.74, 6) is 0.239. The standard InChI is InChI=1S/C19H27NO2/c1-18(2,3)17(22)20-15-9-10-16(20)19(12-15,13-21)11-14-7-5-4-6-8-14/h4-8,15-16,21H,9-13H2,1-3H3/t15-,16+,19-/m0/s1. The van der Waals surface area contributed by atoms with Gasteiger partial charge in [0.15, 0.2) is 0 Å². The summed E-state index contributed by atoms with van der Waals surface area (Å²) in [6.45, 7) is 6.14. The van der Waals surface area contributed by atoms with Gasteiger partial charge >= 0.3 is 0 Å². The molecule has 0 unspecified atom stereocenters. The highest BCUT2D eigenvalue weighted by molar-refractivity contribution is 5.83. The number of amides is 1. The summed E-state index contributed by atoms with van der Waals surface area (Å²) >= 11 is 0. The van der Waals surface area contributed by atoms with E-state index in [4.69, 9.17) is 0 Å². The minimum atomic E-state index is -0.348. The van der Waals surface area contributed by atoms with Crippen molar-refractivity contribution in [2.75, 3.05) is 6.61 Å². The second-order valence-electron chi connectivity index (χ2n) is 8.10. The second-order valence-corrected chi connectivity index (χ2v) is 8.10. The zero-order valence-corrected chi connectivity index (χ0v) is 13.9. The third-order valence-electron chi connectivity index (χ3n) is 5.44. The Morgan fingerprint density at radius 2 is 1.95 bits per heavy atom. The maximum absolute atomic E-state index is 12.8. The summed E-state index contributed by atoms with van der Waals surface area (Å²) in [6.07, 6.45) is 3.91. The molecule has 2 saturated heterocycles. The predicted octanol–water partition coefficient (Wildman–Crippen LogP) is 3.02. The fourth-order valence-electron chi connectivity index (χ4n) is 4.40. The van der Waals surface area contributed by atoms with Gasteiger partial charge in [0.25, 0.3) is 0 Å². The molecule has 3 atom stereocenters. The number of carbonyl (C=O) groups excluding carboxylic acids is 1. The van der Waals surface area contributed by atoms with Crippen molar-refractivity contribution in [1.82, 2.24) is 4.90 Å². The molecule has 3 heteroatoms. The first kappa shape index (κ1) is 15.5. The van der Waals surface area contributed by atoms with Crippen LogP contribution in [0.2, 0.25) is 0 Å². The van der Waals surface area contributed by atoms with Crippen LogP contribution >= 0.6 is 0 Å². The molecule has 1 N–H and O–H groups in total. The molecule has 3 rings (SSSR count). The normalized spacial score (nSPS) is 30.8. The molecule has 2 heterocycles. The number of nitrogens with zero attached hydrogens (tertiary/aromatic N) is 1. The molecular formula is C19H27NO2. The van der Waals surface area contributed by atoms with E-state index in [1.807, 2.05) is 39.0 Å². The van der Waals surface area contributed by atoms with Crippen molar-refractivity contribution < 1.29 is 9.90 Å². The Morgan fingerprint density at radius 3 is 2.55 bits per heavy atom. The zero-order valence-electron chi connectivity index (χ0n) is 13.9. The summed E-state index contributed by atoms with van der Waals surface area (Å²) in [5, 5.41) is 10.2. The number of hydrogen-bond acceptors (Lipinski definition) is 2. The molecule has 0 aromatic heterocycles. The predicted molar refractivity (Wildman–Crippen MR) is 87.4 cm³/mol. The van der Waals surface area contributed by atoms with Gasteiger partial charge in [0.1, 0.15) is 0 Å². The molecule has 1 aromatic carbocycles. The Balaban J connectivity index is 1.87. The summed E-state index contributed by atoms with van der Waals surface area (Å²) in [4.78, 5) is 14.9. The average molecular weight is 301 g/mol. The molecular weight excluding hydrogens is 274 g/mol. The maximum Gasteiger partial charge on any atom is 0.228 e. The highest BCUT2D eigenvalue weighted by Gasteiger charge is 2.57. The highest BCUT2D eigenvalue weighted by Crippen LogP contribution is 2.52. The van der Waals surface area contributed by atoms with Crippen LogP contribution in [0.5, 0.6) is 0 Å². The lowest BCUT2D eigenvalue weighted by Crippen LogP contribution is -2.47. The van der Waals surface area contributed by atoms with Gasteiger partial charge in [-0.25, -0.2) is 0 Å². The van der Waals surface area contributed by atoms with Gasteiger partial charge in [-0.1, -0.05) is 51.1 Å². The van der Waals surface area contributed by atoms with Crippen molar-refractivity contribution in [1.29, 1.82) is 0 Å². The molecule has 2 aliphatic heterocycles. The monoisotopic (exact) mass is 301 g/mol. The molecule has 2 aliphatic rings. The lowest BCUT2D eigenvalue weighted by atomic mass is 9.70. The summed E-state index contributed by atoms with van der Waals surface area (Å²) in [7, 11) is 0. The molecule has 0 radical (unpaired) electrons. The van der Waals surface area contributed by atoms with E-state index in [0.29, 0.717) is 6.04 Å². The number of rotatable bonds is 3. The lowest BCUT2D eigenvalue weighted by Gasteiger charge is -2.37. The van der Waals surface area contributed by atoms with Gasteiger partial charge in [-0.15, -0.1) is 0 Å². The van der Waals surface area contributed by atoms with Gasteiger partial charge in [-0.05, 0) is 31.2 Å². The van der Waals surface area contributed by atoms with Crippen LogP contribution in [-0.2, 0) is 11.2 Å². The average Bonchev–Trinajstić information content (AvgIpc) is 3.02. The van der Waals surface area contributed by atoms with Crippen LogP contribution in [0.25, 0.3) is 0 Å². The molecule has 2 fully saturated rings. The fourth-order valence-corrected chi connectivity index (χ4v) is 4.40. The molecule has 1 amide bonds. The largest absolute Gasteiger partial charge is 0.396 e. The van der Waals surface area contributed by atoms with Crippen LogP contribution in [0.4, 0.5) is 0 Å². The molecule has 3 nitrogen and oxygen atoms in total. The van der Waals surface area contributed by atoms with E-state index in [-0.39, 0.29) is 29.4 Å². The van der Waals surface area contributed by atoms with Gasteiger partial charge in [-0.3, -0.25) is 4.79 Å². The summed E-state index contributed by atoms with van der Waals surface area (Å²) in [5.41, 5.74) is 0.747. The molecule has 120 valence electrons. The highest BCUT2D eigenvalue weighted by atomic mass is 16.3. The molecule has 0 aliphatic carbocycles. The molecule has 22 heavy (non-hydrogen) atoms. The van der Waals surface area contributed by atoms with Gasteiger partial charge < -0.3 is 10.0 Å². The van der Waals surface area contributed by atoms with Gasteiger partial charge in [0.05, 0.1) is 6.61 Å². The van der Waals surface area contributed by atoms with Crippen LogP contribution in [-0.4, -0.2) is 34.6 Å². The van der Waals surface area contributed by atoms with E-state index in [1.54, 1.807) is 0 Å². The molecule has 1 aromatic rings. The molecule has 0 saturated carbocycles. The molecule has 0 spiro atoms. The van der Waals surface area contributed by atoms with Gasteiger partial charge in [-0.2, -0.15) is 0 Å². The van der Waals surface area contributed by atoms with Crippen LogP contribution in [0.3, 0.4) is 0 Å². The Hall–Kier alpha value is -1.35. The first-order valence-electron chi connectivity index (χ1n) is 8.35. The first-order chi connectivity index (χ1) is 10.4. The van der Waals surface area contributed by atoms with E-state index < -0.39 is 0 Å². The topological polar surface area (TPSA) is 40.5 Å². The van der Waals surface area contributed by atoms with E-state index in [9.17, 15) is 9.90 Å².